The van der Waals surface area contributed by atoms with Crippen LogP contribution in [0.4, 0.5) is 0 Å². The molecule has 1 saturated heterocycles. The van der Waals surface area contributed by atoms with Crippen LogP contribution < -0.4 is 0 Å². The van der Waals surface area contributed by atoms with Crippen molar-refractivity contribution in [2.24, 2.45) is 5.92 Å². The summed E-state index contributed by atoms with van der Waals surface area (Å²) in [5, 5.41) is 0. The van der Waals surface area contributed by atoms with Crippen LogP contribution in [-0.4, -0.2) is 32.7 Å². The van der Waals surface area contributed by atoms with E-state index < -0.39 is 5.79 Å². The molecule has 1 heterocycles. The summed E-state index contributed by atoms with van der Waals surface area (Å²) >= 11 is 0. The largest absolute Gasteiger partial charge is 0.372 e. The van der Waals surface area contributed by atoms with Crippen LogP contribution in [-0.2, 0) is 14.2 Å². The standard InChI is InChI=1S/C9H16O3/c1-10-9(11-2)6-12-8-5-3-4-7(8)9/h7-8H,3-6H2,1-2H3. The number of methoxy groups -OCH3 is 2. The average molecular weight is 172 g/mol. The van der Waals surface area contributed by atoms with E-state index in [4.69, 9.17) is 14.2 Å². The number of rotatable bonds is 2. The number of fused-ring (bicyclic) bond motifs is 1. The van der Waals surface area contributed by atoms with E-state index >= 15 is 0 Å². The smallest absolute Gasteiger partial charge is 0.196 e. The minimum absolute atomic E-state index is 0.380. The average Bonchev–Trinajstić information content (AvgIpc) is 2.64. The van der Waals surface area contributed by atoms with Crippen LogP contribution in [0, 0.1) is 5.92 Å². The highest BCUT2D eigenvalue weighted by Gasteiger charge is 2.52. The van der Waals surface area contributed by atoms with Gasteiger partial charge in [-0.3, -0.25) is 0 Å². The van der Waals surface area contributed by atoms with Gasteiger partial charge in [0, 0.05) is 20.1 Å². The van der Waals surface area contributed by atoms with Gasteiger partial charge in [-0.25, -0.2) is 0 Å². The molecule has 2 rings (SSSR count). The van der Waals surface area contributed by atoms with Crippen molar-refractivity contribution in [2.75, 3.05) is 20.8 Å². The zero-order valence-corrected chi connectivity index (χ0v) is 7.71. The molecule has 1 aliphatic carbocycles. The quantitative estimate of drug-likeness (QED) is 0.585. The van der Waals surface area contributed by atoms with Crippen molar-refractivity contribution in [1.29, 1.82) is 0 Å². The van der Waals surface area contributed by atoms with Gasteiger partial charge in [0.25, 0.3) is 0 Å². The van der Waals surface area contributed by atoms with E-state index in [1.807, 2.05) is 0 Å². The van der Waals surface area contributed by atoms with Crippen molar-refractivity contribution < 1.29 is 14.2 Å². The Balaban J connectivity index is 2.15. The summed E-state index contributed by atoms with van der Waals surface area (Å²) in [5.41, 5.74) is 0. The Morgan fingerprint density at radius 2 is 2.00 bits per heavy atom. The highest BCUT2D eigenvalue weighted by atomic mass is 16.7. The number of ether oxygens (including phenoxy) is 3. The van der Waals surface area contributed by atoms with Crippen molar-refractivity contribution in [2.45, 2.75) is 31.2 Å². The highest BCUT2D eigenvalue weighted by Crippen LogP contribution is 2.44. The maximum atomic E-state index is 5.62. The highest BCUT2D eigenvalue weighted by molar-refractivity contribution is 4.95. The van der Waals surface area contributed by atoms with Crippen LogP contribution in [0.2, 0.25) is 0 Å². The Morgan fingerprint density at radius 3 is 2.67 bits per heavy atom. The molecule has 2 atom stereocenters. The Kier molecular flexibility index (Phi) is 2.10. The van der Waals surface area contributed by atoms with E-state index in [-0.39, 0.29) is 0 Å². The fourth-order valence-corrected chi connectivity index (χ4v) is 2.46. The molecular formula is C9H16O3. The summed E-state index contributed by atoms with van der Waals surface area (Å²) in [6, 6.07) is 0. The predicted octanol–water partition coefficient (Wildman–Crippen LogP) is 1.17. The molecule has 12 heavy (non-hydrogen) atoms. The zero-order chi connectivity index (χ0) is 8.60. The van der Waals surface area contributed by atoms with Crippen LogP contribution in [0.5, 0.6) is 0 Å². The lowest BCUT2D eigenvalue weighted by molar-refractivity contribution is -0.225. The van der Waals surface area contributed by atoms with Gasteiger partial charge in [-0.2, -0.15) is 0 Å². The minimum atomic E-state index is -0.443. The molecule has 0 aromatic rings. The van der Waals surface area contributed by atoms with Gasteiger partial charge in [-0.05, 0) is 12.8 Å². The van der Waals surface area contributed by atoms with E-state index in [1.54, 1.807) is 14.2 Å². The fraction of sp³-hybridized carbons (Fsp3) is 1.00. The molecule has 0 N–H and O–H groups in total. The van der Waals surface area contributed by atoms with Gasteiger partial charge < -0.3 is 14.2 Å². The first-order chi connectivity index (χ1) is 5.82. The first-order valence-corrected chi connectivity index (χ1v) is 4.54. The van der Waals surface area contributed by atoms with Gasteiger partial charge in [0.1, 0.15) is 6.61 Å². The molecule has 2 fully saturated rings. The molecule has 70 valence electrons. The minimum Gasteiger partial charge on any atom is -0.372 e. The molecule has 1 saturated carbocycles. The van der Waals surface area contributed by atoms with Gasteiger partial charge in [-0.15, -0.1) is 0 Å². The Hall–Kier alpha value is -0.120. The van der Waals surface area contributed by atoms with Crippen molar-refractivity contribution in [1.82, 2.24) is 0 Å². The third kappa shape index (κ3) is 1.00. The van der Waals surface area contributed by atoms with Gasteiger partial charge in [-0.1, -0.05) is 6.42 Å². The number of hydrogen-bond acceptors (Lipinski definition) is 3. The zero-order valence-electron chi connectivity index (χ0n) is 7.71. The summed E-state index contributed by atoms with van der Waals surface area (Å²) in [4.78, 5) is 0. The van der Waals surface area contributed by atoms with E-state index in [2.05, 4.69) is 0 Å². The first-order valence-electron chi connectivity index (χ1n) is 4.54. The molecule has 0 radical (unpaired) electrons. The summed E-state index contributed by atoms with van der Waals surface area (Å²) in [6.45, 7) is 0.593. The second-order valence-corrected chi connectivity index (χ2v) is 3.61. The Morgan fingerprint density at radius 1 is 1.25 bits per heavy atom. The molecule has 2 unspecified atom stereocenters. The lowest BCUT2D eigenvalue weighted by Gasteiger charge is -2.29. The molecule has 3 heteroatoms. The molecular weight excluding hydrogens is 156 g/mol. The molecule has 0 amide bonds. The topological polar surface area (TPSA) is 27.7 Å². The van der Waals surface area contributed by atoms with E-state index in [9.17, 15) is 0 Å². The maximum absolute atomic E-state index is 5.62. The third-order valence-corrected chi connectivity index (χ3v) is 3.21. The fourth-order valence-electron chi connectivity index (χ4n) is 2.46. The first kappa shape index (κ1) is 8.48. The van der Waals surface area contributed by atoms with Gasteiger partial charge >= 0.3 is 0 Å². The van der Waals surface area contributed by atoms with Crippen molar-refractivity contribution in [3.05, 3.63) is 0 Å². The summed E-state index contributed by atoms with van der Waals surface area (Å²) < 4.78 is 16.5. The molecule has 0 aromatic carbocycles. The van der Waals surface area contributed by atoms with Crippen LogP contribution in [0.3, 0.4) is 0 Å². The molecule has 0 aromatic heterocycles. The van der Waals surface area contributed by atoms with E-state index in [0.29, 0.717) is 18.6 Å². The van der Waals surface area contributed by atoms with E-state index in [0.717, 1.165) is 0 Å². The SMILES string of the molecule is COC1(OC)COC2CCCC21. The van der Waals surface area contributed by atoms with Crippen LogP contribution in [0.25, 0.3) is 0 Å². The third-order valence-electron chi connectivity index (χ3n) is 3.21. The van der Waals surface area contributed by atoms with Crippen LogP contribution >= 0.6 is 0 Å². The molecule has 1 aliphatic heterocycles. The molecule has 2 aliphatic rings. The van der Waals surface area contributed by atoms with Gasteiger partial charge in [0.05, 0.1) is 6.10 Å². The van der Waals surface area contributed by atoms with Gasteiger partial charge in [0.15, 0.2) is 5.79 Å². The van der Waals surface area contributed by atoms with Crippen molar-refractivity contribution in [3.63, 3.8) is 0 Å². The molecule has 3 nitrogen and oxygen atoms in total. The summed E-state index contributed by atoms with van der Waals surface area (Å²) in [5.74, 6) is 0.00810. The normalized spacial score (nSPS) is 38.5. The predicted molar refractivity (Wildman–Crippen MR) is 43.8 cm³/mol. The Labute approximate surface area is 73.0 Å². The monoisotopic (exact) mass is 172 g/mol. The van der Waals surface area contributed by atoms with Crippen LogP contribution in [0.1, 0.15) is 19.3 Å². The Bertz CT molecular complexity index is 165. The summed E-state index contributed by atoms with van der Waals surface area (Å²) in [6.07, 6.45) is 3.96. The summed E-state index contributed by atoms with van der Waals surface area (Å²) in [7, 11) is 3.40. The maximum Gasteiger partial charge on any atom is 0.196 e. The van der Waals surface area contributed by atoms with E-state index in [1.165, 1.54) is 19.3 Å². The second kappa shape index (κ2) is 2.98. The molecule has 0 bridgehead atoms. The lowest BCUT2D eigenvalue weighted by atomic mass is 9.98. The van der Waals surface area contributed by atoms with Gasteiger partial charge in [0.2, 0.25) is 0 Å². The lowest BCUT2D eigenvalue weighted by Crippen LogP contribution is -2.41. The van der Waals surface area contributed by atoms with Crippen molar-refractivity contribution in [3.8, 4) is 0 Å². The van der Waals surface area contributed by atoms with Crippen molar-refractivity contribution >= 4 is 0 Å². The number of hydrogen-bond donors (Lipinski definition) is 0. The molecule has 0 spiro atoms. The second-order valence-electron chi connectivity index (χ2n) is 3.61. The van der Waals surface area contributed by atoms with Crippen LogP contribution in [0.15, 0.2) is 0 Å².